The first-order valence-electron chi connectivity index (χ1n) is 1.15. The Hall–Kier alpha value is 0.170. The van der Waals surface area contributed by atoms with Crippen molar-refractivity contribution < 1.29 is 0 Å². The van der Waals surface area contributed by atoms with Crippen molar-refractivity contribution >= 4 is 9.90 Å². The van der Waals surface area contributed by atoms with Crippen LogP contribution in [0.1, 0.15) is 6.42 Å². The van der Waals surface area contributed by atoms with E-state index in [-0.39, 0.29) is 9.90 Å². The molecule has 4 heavy (non-hydrogen) atoms. The van der Waals surface area contributed by atoms with Gasteiger partial charge in [0.25, 0.3) is 0 Å². The summed E-state index contributed by atoms with van der Waals surface area (Å²) in [4.78, 5) is 0. The molecular weight excluding hydrogens is 67.0 g/mol. The second kappa shape index (κ2) is 1.49. The van der Waals surface area contributed by atoms with Crippen LogP contribution in [-0.4, -0.2) is 0 Å². The van der Waals surface area contributed by atoms with Gasteiger partial charge in [0.2, 0.25) is 0 Å². The maximum absolute atomic E-state index is 2.12. The van der Waals surface area contributed by atoms with Gasteiger partial charge >= 0.3 is 0 Å². The van der Waals surface area contributed by atoms with Crippen molar-refractivity contribution in [2.24, 2.45) is 0 Å². The molecule has 0 aliphatic heterocycles. The smallest absolute Gasteiger partial charge is 0.0169 e. The Morgan fingerprint density at radius 1 is 1.25 bits per heavy atom. The maximum atomic E-state index is 2.12. The summed E-state index contributed by atoms with van der Waals surface area (Å²) < 4.78 is 0. The quantitative estimate of drug-likeness (QED) is 0.297. The molecule has 0 N–H and O–H groups in total. The Morgan fingerprint density at radius 3 is 1.50 bits per heavy atom. The van der Waals surface area contributed by atoms with Crippen LogP contribution in [-0.2, 0) is 0 Å². The molecule has 24 valence electrons. The van der Waals surface area contributed by atoms with Gasteiger partial charge in [-0.2, -0.15) is 9.90 Å². The van der Waals surface area contributed by atoms with Crippen LogP contribution in [0.15, 0.2) is 12.2 Å². The molecule has 0 fully saturated rings. The van der Waals surface area contributed by atoms with Gasteiger partial charge in [-0.1, -0.05) is 12.2 Å². The second-order valence-electron chi connectivity index (χ2n) is 0.707. The third-order valence-corrected chi connectivity index (χ3v) is 0.236. The molecule has 0 spiro atoms. The lowest BCUT2D eigenvalue weighted by Crippen LogP contribution is -0.956. The van der Waals surface area contributed by atoms with E-state index in [9.17, 15) is 0 Å². The molecule has 0 nitrogen and oxygen atoms in total. The molecule has 0 saturated heterocycles. The molecule has 1 heteroatoms. The standard InChI is InChI=1S/C3H4.H3P/c1-2-3-1;/h1-2H,3H2;1H3. The lowest BCUT2D eigenvalue weighted by Gasteiger charge is -1.15. The van der Waals surface area contributed by atoms with Crippen LogP contribution < -0.4 is 0 Å². The summed E-state index contributed by atoms with van der Waals surface area (Å²) in [7, 11) is 0. The molecule has 0 amide bonds. The SMILES string of the molecule is C1=CC1.P. The van der Waals surface area contributed by atoms with Gasteiger partial charge in [0, 0.05) is 0 Å². The highest BCUT2D eigenvalue weighted by Crippen LogP contribution is 1.96. The number of allylic oxidation sites excluding steroid dienone is 2. The molecule has 1 atom stereocenters. The highest BCUT2D eigenvalue weighted by molar-refractivity contribution is 6.92. The minimum atomic E-state index is 0. The first-order chi connectivity index (χ1) is 1.50. The van der Waals surface area contributed by atoms with Crippen molar-refractivity contribution in [1.82, 2.24) is 0 Å². The number of hydrogen-bond donors (Lipinski definition) is 0. The van der Waals surface area contributed by atoms with Crippen LogP contribution >= 0.6 is 9.90 Å². The van der Waals surface area contributed by atoms with E-state index >= 15 is 0 Å². The molecule has 1 aliphatic rings. The summed E-state index contributed by atoms with van der Waals surface area (Å²) >= 11 is 0. The molecule has 0 aromatic carbocycles. The van der Waals surface area contributed by atoms with Crippen LogP contribution in [0.3, 0.4) is 0 Å². The average molecular weight is 74.1 g/mol. The summed E-state index contributed by atoms with van der Waals surface area (Å²) in [6, 6.07) is 0. The summed E-state index contributed by atoms with van der Waals surface area (Å²) in [5, 5.41) is 0. The van der Waals surface area contributed by atoms with Crippen LogP contribution in [0.5, 0.6) is 0 Å². The molecule has 0 radical (unpaired) electrons. The molecule has 0 bridgehead atoms. The van der Waals surface area contributed by atoms with E-state index in [4.69, 9.17) is 0 Å². The molecular formula is C3H7P. The van der Waals surface area contributed by atoms with Crippen LogP contribution in [0.25, 0.3) is 0 Å². The Labute approximate surface area is 29.5 Å². The van der Waals surface area contributed by atoms with Gasteiger partial charge in [-0.15, -0.1) is 0 Å². The fourth-order valence-corrected chi connectivity index (χ4v) is 0. The molecule has 0 saturated carbocycles. The Kier molecular flexibility index (Phi) is 1.55. The van der Waals surface area contributed by atoms with Gasteiger partial charge in [-0.05, 0) is 6.42 Å². The predicted molar refractivity (Wildman–Crippen MR) is 24.9 cm³/mol. The summed E-state index contributed by atoms with van der Waals surface area (Å²) in [5.41, 5.74) is 0. The molecule has 0 aromatic rings. The van der Waals surface area contributed by atoms with Crippen LogP contribution in [0, 0.1) is 0 Å². The van der Waals surface area contributed by atoms with E-state index in [0.717, 1.165) is 0 Å². The Balaban J connectivity index is 0.0000000900. The van der Waals surface area contributed by atoms with Crippen molar-refractivity contribution in [3.05, 3.63) is 12.2 Å². The minimum absolute atomic E-state index is 0. The van der Waals surface area contributed by atoms with Gasteiger partial charge < -0.3 is 0 Å². The zero-order valence-electron chi connectivity index (χ0n) is 2.57. The highest BCUT2D eigenvalue weighted by atomic mass is 31.0. The third kappa shape index (κ3) is 2.17. The molecule has 0 heterocycles. The van der Waals surface area contributed by atoms with Gasteiger partial charge in [0.1, 0.15) is 0 Å². The second-order valence-corrected chi connectivity index (χ2v) is 0.707. The van der Waals surface area contributed by atoms with E-state index in [1.165, 1.54) is 6.42 Å². The van der Waals surface area contributed by atoms with Crippen molar-refractivity contribution in [3.8, 4) is 0 Å². The minimum Gasteiger partial charge on any atom is -0.153 e. The normalized spacial score (nSPS) is 14.0. The molecule has 1 rings (SSSR count). The van der Waals surface area contributed by atoms with E-state index in [1.807, 2.05) is 0 Å². The van der Waals surface area contributed by atoms with Crippen LogP contribution in [0.2, 0.25) is 0 Å². The average Bonchev–Trinajstić information content (AvgIpc) is 1.46. The van der Waals surface area contributed by atoms with Gasteiger partial charge in [0.05, 0.1) is 0 Å². The van der Waals surface area contributed by atoms with Crippen molar-refractivity contribution in [1.29, 1.82) is 0 Å². The highest BCUT2D eigenvalue weighted by Gasteiger charge is 1.75. The van der Waals surface area contributed by atoms with Crippen molar-refractivity contribution in [2.75, 3.05) is 0 Å². The first-order valence-corrected chi connectivity index (χ1v) is 1.15. The van der Waals surface area contributed by atoms with Crippen molar-refractivity contribution in [2.45, 2.75) is 6.42 Å². The lowest BCUT2D eigenvalue weighted by atomic mass is 10.9. The lowest BCUT2D eigenvalue weighted by molar-refractivity contribution is 1.71. The summed E-state index contributed by atoms with van der Waals surface area (Å²) in [6.45, 7) is 0. The zero-order valence-corrected chi connectivity index (χ0v) is 3.98. The third-order valence-electron chi connectivity index (χ3n) is 0.236. The predicted octanol–water partition coefficient (Wildman–Crippen LogP) is 1.00. The fourth-order valence-electron chi connectivity index (χ4n) is 0. The number of hydrogen-bond acceptors (Lipinski definition) is 0. The van der Waals surface area contributed by atoms with Crippen LogP contribution in [0.4, 0.5) is 0 Å². The van der Waals surface area contributed by atoms with E-state index in [1.54, 1.807) is 0 Å². The fraction of sp³-hybridized carbons (Fsp3) is 0.333. The summed E-state index contributed by atoms with van der Waals surface area (Å²) in [6.07, 6.45) is 5.50. The summed E-state index contributed by atoms with van der Waals surface area (Å²) in [5.74, 6) is 0. The topological polar surface area (TPSA) is 0 Å². The van der Waals surface area contributed by atoms with E-state index in [0.29, 0.717) is 0 Å². The Morgan fingerprint density at radius 2 is 1.50 bits per heavy atom. The van der Waals surface area contributed by atoms with Gasteiger partial charge in [-0.25, -0.2) is 0 Å². The van der Waals surface area contributed by atoms with Gasteiger partial charge in [-0.3, -0.25) is 0 Å². The maximum Gasteiger partial charge on any atom is -0.0169 e. The monoisotopic (exact) mass is 74.0 g/mol. The molecule has 1 aliphatic carbocycles. The largest absolute Gasteiger partial charge is 0.153 e. The van der Waals surface area contributed by atoms with E-state index in [2.05, 4.69) is 12.2 Å². The first kappa shape index (κ1) is 4.17. The van der Waals surface area contributed by atoms with E-state index < -0.39 is 0 Å². The Bertz CT molecular complexity index is 26.3. The zero-order chi connectivity index (χ0) is 2.12. The molecule has 0 aromatic heterocycles. The van der Waals surface area contributed by atoms with Gasteiger partial charge in [0.15, 0.2) is 0 Å². The number of rotatable bonds is 0. The van der Waals surface area contributed by atoms with Crippen molar-refractivity contribution in [3.63, 3.8) is 0 Å². The molecule has 1 unspecified atom stereocenters.